The maximum Gasteiger partial charge on any atom is 0.410 e. The topological polar surface area (TPSA) is 75.8 Å². The van der Waals surface area contributed by atoms with Gasteiger partial charge in [0.2, 0.25) is 0 Å². The van der Waals surface area contributed by atoms with Crippen LogP contribution in [0.25, 0.3) is 0 Å². The van der Waals surface area contributed by atoms with Crippen molar-refractivity contribution in [1.29, 1.82) is 0 Å². The minimum atomic E-state index is -0.713. The van der Waals surface area contributed by atoms with Gasteiger partial charge in [-0.1, -0.05) is 0 Å². The molecule has 0 bridgehead atoms. The lowest BCUT2D eigenvalue weighted by molar-refractivity contribution is 0.0198. The summed E-state index contributed by atoms with van der Waals surface area (Å²) < 4.78 is 5.36. The number of rotatable bonds is 1. The first kappa shape index (κ1) is 13.6. The summed E-state index contributed by atoms with van der Waals surface area (Å²) in [4.78, 5) is 13.7. The van der Waals surface area contributed by atoms with Gasteiger partial charge in [-0.2, -0.15) is 0 Å². The van der Waals surface area contributed by atoms with Crippen LogP contribution in [0.2, 0.25) is 0 Å². The van der Waals surface area contributed by atoms with Gasteiger partial charge in [-0.25, -0.2) is 4.79 Å². The van der Waals surface area contributed by atoms with E-state index in [4.69, 9.17) is 10.5 Å². The summed E-state index contributed by atoms with van der Waals surface area (Å²) in [6.45, 7) is 7.29. The fraction of sp³-hybridized carbons (Fsp3) is 0.923. The Labute approximate surface area is 108 Å². The number of ether oxygens (including phenoxy) is 1. The fourth-order valence-electron chi connectivity index (χ4n) is 3.10. The molecule has 5 nitrogen and oxygen atoms in total. The third-order valence-corrected chi connectivity index (χ3v) is 3.89. The summed E-state index contributed by atoms with van der Waals surface area (Å²) in [6, 6.07) is 0. The summed E-state index contributed by atoms with van der Waals surface area (Å²) in [6.07, 6.45) is 1.16. The maximum absolute atomic E-state index is 11.9. The standard InChI is InChI=1S/C13H24N2O3/c1-12(2,3)18-11(16)15-6-9-4-13(17,8-14)5-10(9)7-15/h9-10,17H,4-8,14H2,1-3H3/t9-,10+,13?. The predicted molar refractivity (Wildman–Crippen MR) is 68.0 cm³/mol. The molecule has 1 aliphatic heterocycles. The second-order valence-corrected chi connectivity index (χ2v) is 6.74. The lowest BCUT2D eigenvalue weighted by atomic mass is 10.0. The van der Waals surface area contributed by atoms with Crippen molar-refractivity contribution in [1.82, 2.24) is 4.90 Å². The molecule has 0 aromatic heterocycles. The van der Waals surface area contributed by atoms with E-state index in [2.05, 4.69) is 0 Å². The average Bonchev–Trinajstić information content (AvgIpc) is 2.70. The van der Waals surface area contributed by atoms with Gasteiger partial charge in [-0.15, -0.1) is 0 Å². The van der Waals surface area contributed by atoms with Gasteiger partial charge in [0.25, 0.3) is 0 Å². The third-order valence-electron chi connectivity index (χ3n) is 3.89. The van der Waals surface area contributed by atoms with E-state index < -0.39 is 11.2 Å². The molecule has 104 valence electrons. The van der Waals surface area contributed by atoms with Crippen molar-refractivity contribution in [3.8, 4) is 0 Å². The SMILES string of the molecule is CC(C)(C)OC(=O)N1C[C@@H]2CC(O)(CN)C[C@@H]2C1. The van der Waals surface area contributed by atoms with Gasteiger partial charge in [-0.05, 0) is 45.4 Å². The predicted octanol–water partition coefficient (Wildman–Crippen LogP) is 0.953. The van der Waals surface area contributed by atoms with Gasteiger partial charge in [0.15, 0.2) is 0 Å². The molecule has 1 saturated heterocycles. The maximum atomic E-state index is 11.9. The molecule has 1 saturated carbocycles. The van der Waals surface area contributed by atoms with E-state index in [1.54, 1.807) is 4.90 Å². The molecule has 18 heavy (non-hydrogen) atoms. The van der Waals surface area contributed by atoms with Crippen molar-refractivity contribution < 1.29 is 14.6 Å². The fourth-order valence-corrected chi connectivity index (χ4v) is 3.10. The van der Waals surface area contributed by atoms with Gasteiger partial charge < -0.3 is 20.5 Å². The second-order valence-electron chi connectivity index (χ2n) is 6.74. The Kier molecular flexibility index (Phi) is 3.32. The van der Waals surface area contributed by atoms with Crippen LogP contribution in [0.1, 0.15) is 33.6 Å². The number of amides is 1. The van der Waals surface area contributed by atoms with Gasteiger partial charge >= 0.3 is 6.09 Å². The van der Waals surface area contributed by atoms with Crippen LogP contribution in [0.5, 0.6) is 0 Å². The van der Waals surface area contributed by atoms with E-state index in [0.717, 1.165) is 0 Å². The molecule has 0 aromatic rings. The first-order valence-corrected chi connectivity index (χ1v) is 6.63. The average molecular weight is 256 g/mol. The molecule has 1 heterocycles. The van der Waals surface area contributed by atoms with Crippen LogP contribution in [-0.2, 0) is 4.74 Å². The number of carbonyl (C=O) groups is 1. The van der Waals surface area contributed by atoms with E-state index in [0.29, 0.717) is 44.3 Å². The van der Waals surface area contributed by atoms with E-state index in [9.17, 15) is 9.90 Å². The van der Waals surface area contributed by atoms with Crippen molar-refractivity contribution in [3.63, 3.8) is 0 Å². The highest BCUT2D eigenvalue weighted by Gasteiger charge is 2.49. The van der Waals surface area contributed by atoms with Gasteiger partial charge in [0, 0.05) is 19.6 Å². The Bertz CT molecular complexity index is 324. The molecule has 0 aromatic carbocycles. The van der Waals surface area contributed by atoms with Crippen LogP contribution in [0.3, 0.4) is 0 Å². The largest absolute Gasteiger partial charge is 0.444 e. The number of fused-ring (bicyclic) bond motifs is 1. The minimum Gasteiger partial charge on any atom is -0.444 e. The van der Waals surface area contributed by atoms with E-state index in [-0.39, 0.29) is 6.09 Å². The van der Waals surface area contributed by atoms with Crippen LogP contribution in [-0.4, -0.2) is 46.9 Å². The van der Waals surface area contributed by atoms with Crippen LogP contribution in [0.4, 0.5) is 4.79 Å². The molecule has 1 aliphatic carbocycles. The molecular weight excluding hydrogens is 232 g/mol. The van der Waals surface area contributed by atoms with Crippen LogP contribution in [0.15, 0.2) is 0 Å². The van der Waals surface area contributed by atoms with Gasteiger partial charge in [0.05, 0.1) is 5.60 Å². The first-order valence-electron chi connectivity index (χ1n) is 6.63. The Morgan fingerprint density at radius 2 is 1.89 bits per heavy atom. The summed E-state index contributed by atoms with van der Waals surface area (Å²) in [5, 5.41) is 10.2. The highest BCUT2D eigenvalue weighted by molar-refractivity contribution is 5.68. The number of carbonyl (C=O) groups excluding carboxylic acids is 1. The molecule has 2 aliphatic rings. The summed E-state index contributed by atoms with van der Waals surface area (Å²) in [5.74, 6) is 0.733. The van der Waals surface area contributed by atoms with Gasteiger partial charge in [-0.3, -0.25) is 0 Å². The number of hydrogen-bond donors (Lipinski definition) is 2. The van der Waals surface area contributed by atoms with Crippen LogP contribution < -0.4 is 5.73 Å². The van der Waals surface area contributed by atoms with Crippen molar-refractivity contribution in [2.24, 2.45) is 17.6 Å². The van der Waals surface area contributed by atoms with Crippen molar-refractivity contribution in [2.75, 3.05) is 19.6 Å². The van der Waals surface area contributed by atoms with Gasteiger partial charge in [0.1, 0.15) is 5.60 Å². The van der Waals surface area contributed by atoms with Crippen molar-refractivity contribution in [3.05, 3.63) is 0 Å². The number of nitrogens with zero attached hydrogens (tertiary/aromatic N) is 1. The third kappa shape index (κ3) is 2.78. The highest BCUT2D eigenvalue weighted by atomic mass is 16.6. The Morgan fingerprint density at radius 3 is 2.28 bits per heavy atom. The Morgan fingerprint density at radius 1 is 1.39 bits per heavy atom. The molecule has 1 amide bonds. The quantitative estimate of drug-likeness (QED) is 0.732. The number of nitrogens with two attached hydrogens (primary N) is 1. The monoisotopic (exact) mass is 256 g/mol. The number of hydrogen-bond acceptors (Lipinski definition) is 4. The molecule has 1 unspecified atom stereocenters. The molecule has 0 radical (unpaired) electrons. The molecular formula is C13H24N2O3. The van der Waals surface area contributed by atoms with Crippen LogP contribution in [0, 0.1) is 11.8 Å². The Hall–Kier alpha value is -0.810. The Balaban J connectivity index is 1.91. The summed E-state index contributed by atoms with van der Waals surface area (Å²) in [5.41, 5.74) is 4.43. The number of aliphatic hydroxyl groups is 1. The van der Waals surface area contributed by atoms with E-state index in [1.165, 1.54) is 0 Å². The lowest BCUT2D eigenvalue weighted by Gasteiger charge is -2.27. The van der Waals surface area contributed by atoms with Crippen LogP contribution >= 0.6 is 0 Å². The normalized spacial score (nSPS) is 35.7. The van der Waals surface area contributed by atoms with E-state index in [1.807, 2.05) is 20.8 Å². The molecule has 2 rings (SSSR count). The number of likely N-dealkylation sites (tertiary alicyclic amines) is 1. The van der Waals surface area contributed by atoms with E-state index >= 15 is 0 Å². The smallest absolute Gasteiger partial charge is 0.410 e. The van der Waals surface area contributed by atoms with Crippen molar-refractivity contribution >= 4 is 6.09 Å². The molecule has 0 spiro atoms. The zero-order valence-electron chi connectivity index (χ0n) is 11.5. The zero-order chi connectivity index (χ0) is 13.6. The lowest BCUT2D eigenvalue weighted by Crippen LogP contribution is -2.39. The molecule has 2 fully saturated rings. The summed E-state index contributed by atoms with van der Waals surface area (Å²) >= 11 is 0. The first-order chi connectivity index (χ1) is 8.22. The molecule has 5 heteroatoms. The zero-order valence-corrected chi connectivity index (χ0v) is 11.5. The summed E-state index contributed by atoms with van der Waals surface area (Å²) in [7, 11) is 0. The van der Waals surface area contributed by atoms with Crippen molar-refractivity contribution in [2.45, 2.75) is 44.8 Å². The molecule has 3 N–H and O–H groups in total. The minimum absolute atomic E-state index is 0.242. The molecule has 3 atom stereocenters. The second kappa shape index (κ2) is 4.38. The highest BCUT2D eigenvalue weighted by Crippen LogP contribution is 2.43.